The van der Waals surface area contributed by atoms with E-state index in [1.165, 1.54) is 0 Å². The summed E-state index contributed by atoms with van der Waals surface area (Å²) >= 11 is 1.71. The Hall–Kier alpha value is -0.220. The molecule has 1 aliphatic rings. The van der Waals surface area contributed by atoms with Crippen molar-refractivity contribution < 1.29 is 9.53 Å². The van der Waals surface area contributed by atoms with Gasteiger partial charge in [-0.05, 0) is 18.6 Å². The molecule has 2 unspecified atom stereocenters. The molecule has 1 rings (SSSR count). The number of hydrogen-bond donors (Lipinski definition) is 0. The van der Waals surface area contributed by atoms with Crippen LogP contribution < -0.4 is 0 Å². The SMILES string of the molecule is CCSC(C)C(=O)N1CCOCC1C(C)C. The first kappa shape index (κ1) is 13.8. The third-order valence-corrected chi connectivity index (χ3v) is 4.02. The minimum absolute atomic E-state index is 0.0735. The highest BCUT2D eigenvalue weighted by molar-refractivity contribution is 8.00. The van der Waals surface area contributed by atoms with E-state index in [0.717, 1.165) is 12.3 Å². The summed E-state index contributed by atoms with van der Waals surface area (Å²) in [4.78, 5) is 14.3. The summed E-state index contributed by atoms with van der Waals surface area (Å²) in [5, 5.41) is 0.0735. The molecule has 94 valence electrons. The van der Waals surface area contributed by atoms with Gasteiger partial charge in [-0.3, -0.25) is 4.79 Å². The molecule has 1 saturated heterocycles. The van der Waals surface area contributed by atoms with Crippen LogP contribution in [0.25, 0.3) is 0 Å². The minimum Gasteiger partial charge on any atom is -0.377 e. The molecule has 0 aromatic carbocycles. The van der Waals surface area contributed by atoms with Gasteiger partial charge in [0.05, 0.1) is 24.5 Å². The van der Waals surface area contributed by atoms with E-state index in [1.54, 1.807) is 11.8 Å². The maximum atomic E-state index is 12.3. The van der Waals surface area contributed by atoms with Crippen LogP contribution in [0.5, 0.6) is 0 Å². The van der Waals surface area contributed by atoms with Crippen LogP contribution in [0.2, 0.25) is 0 Å². The molecule has 1 aliphatic heterocycles. The Bertz CT molecular complexity index is 233. The molecule has 4 heteroatoms. The second kappa shape index (κ2) is 6.50. The molecule has 0 bridgehead atoms. The maximum Gasteiger partial charge on any atom is 0.235 e. The van der Waals surface area contributed by atoms with Crippen molar-refractivity contribution in [1.82, 2.24) is 4.90 Å². The lowest BCUT2D eigenvalue weighted by Gasteiger charge is -2.39. The predicted octanol–water partition coefficient (Wildman–Crippen LogP) is 2.01. The van der Waals surface area contributed by atoms with Crippen LogP contribution in [0.3, 0.4) is 0 Å². The highest BCUT2D eigenvalue weighted by Gasteiger charge is 2.31. The molecule has 1 heterocycles. The topological polar surface area (TPSA) is 29.5 Å². The normalized spacial score (nSPS) is 23.6. The van der Waals surface area contributed by atoms with Crippen molar-refractivity contribution in [3.05, 3.63) is 0 Å². The van der Waals surface area contributed by atoms with E-state index in [4.69, 9.17) is 4.74 Å². The standard InChI is InChI=1S/C12H23NO2S/c1-5-16-10(4)12(14)13-6-7-15-8-11(13)9(2)3/h9-11H,5-8H2,1-4H3. The summed E-state index contributed by atoms with van der Waals surface area (Å²) in [5.74, 6) is 1.72. The van der Waals surface area contributed by atoms with Gasteiger partial charge in [0.1, 0.15) is 0 Å². The first-order valence-corrected chi connectivity index (χ1v) is 7.12. The molecule has 1 amide bonds. The van der Waals surface area contributed by atoms with Gasteiger partial charge in [0.2, 0.25) is 5.91 Å². The lowest BCUT2D eigenvalue weighted by Crippen LogP contribution is -2.53. The lowest BCUT2D eigenvalue weighted by molar-refractivity contribution is -0.140. The summed E-state index contributed by atoms with van der Waals surface area (Å²) in [6.45, 7) is 10.5. The van der Waals surface area contributed by atoms with Gasteiger partial charge >= 0.3 is 0 Å². The molecule has 0 aliphatic carbocycles. The van der Waals surface area contributed by atoms with Gasteiger partial charge in [-0.2, -0.15) is 0 Å². The van der Waals surface area contributed by atoms with Crippen LogP contribution >= 0.6 is 11.8 Å². The fourth-order valence-corrected chi connectivity index (χ4v) is 2.78. The summed E-state index contributed by atoms with van der Waals surface area (Å²) in [6, 6.07) is 0.251. The van der Waals surface area contributed by atoms with Gasteiger partial charge in [0.15, 0.2) is 0 Å². The van der Waals surface area contributed by atoms with Gasteiger partial charge < -0.3 is 9.64 Å². The third kappa shape index (κ3) is 3.39. The van der Waals surface area contributed by atoms with Gasteiger partial charge in [-0.15, -0.1) is 11.8 Å². The Balaban J connectivity index is 2.63. The van der Waals surface area contributed by atoms with Crippen molar-refractivity contribution in [1.29, 1.82) is 0 Å². The molecule has 0 radical (unpaired) electrons. The molecule has 16 heavy (non-hydrogen) atoms. The van der Waals surface area contributed by atoms with Crippen molar-refractivity contribution in [3.63, 3.8) is 0 Å². The van der Waals surface area contributed by atoms with Crippen LogP contribution in [0.15, 0.2) is 0 Å². The molecular formula is C12H23NO2S. The van der Waals surface area contributed by atoms with Crippen LogP contribution in [0, 0.1) is 5.92 Å². The van der Waals surface area contributed by atoms with E-state index >= 15 is 0 Å². The van der Waals surface area contributed by atoms with E-state index in [1.807, 2.05) is 11.8 Å². The van der Waals surface area contributed by atoms with E-state index in [9.17, 15) is 4.79 Å². The number of morpholine rings is 1. The zero-order valence-electron chi connectivity index (χ0n) is 10.7. The van der Waals surface area contributed by atoms with Crippen LogP contribution in [0.1, 0.15) is 27.7 Å². The summed E-state index contributed by atoms with van der Waals surface area (Å²) in [7, 11) is 0. The molecule has 3 nitrogen and oxygen atoms in total. The first-order chi connectivity index (χ1) is 7.57. The number of carbonyl (C=O) groups is 1. The molecule has 2 atom stereocenters. The number of hydrogen-bond acceptors (Lipinski definition) is 3. The minimum atomic E-state index is 0.0735. The van der Waals surface area contributed by atoms with Gasteiger partial charge in [-0.1, -0.05) is 20.8 Å². The number of amides is 1. The second-order valence-electron chi connectivity index (χ2n) is 4.52. The van der Waals surface area contributed by atoms with Crippen molar-refractivity contribution in [2.24, 2.45) is 5.92 Å². The number of ether oxygens (including phenoxy) is 1. The Morgan fingerprint density at radius 3 is 2.75 bits per heavy atom. The number of carbonyl (C=O) groups excluding carboxylic acids is 1. The Labute approximate surface area is 103 Å². The van der Waals surface area contributed by atoms with Gasteiger partial charge in [-0.25, -0.2) is 0 Å². The Morgan fingerprint density at radius 2 is 2.19 bits per heavy atom. The average molecular weight is 245 g/mol. The van der Waals surface area contributed by atoms with Crippen molar-refractivity contribution >= 4 is 17.7 Å². The molecule has 0 spiro atoms. The van der Waals surface area contributed by atoms with Crippen molar-refractivity contribution in [3.8, 4) is 0 Å². The quantitative estimate of drug-likeness (QED) is 0.759. The molecule has 1 fully saturated rings. The highest BCUT2D eigenvalue weighted by atomic mass is 32.2. The van der Waals surface area contributed by atoms with E-state index < -0.39 is 0 Å². The number of thioether (sulfide) groups is 1. The molecule has 0 aromatic rings. The Kier molecular flexibility index (Phi) is 5.62. The van der Waals surface area contributed by atoms with E-state index in [-0.39, 0.29) is 17.2 Å². The summed E-state index contributed by atoms with van der Waals surface area (Å²) in [6.07, 6.45) is 0. The van der Waals surface area contributed by atoms with E-state index in [0.29, 0.717) is 19.1 Å². The van der Waals surface area contributed by atoms with Gasteiger partial charge in [0, 0.05) is 6.54 Å². The summed E-state index contributed by atoms with van der Waals surface area (Å²) < 4.78 is 5.46. The highest BCUT2D eigenvalue weighted by Crippen LogP contribution is 2.20. The van der Waals surface area contributed by atoms with E-state index in [2.05, 4.69) is 20.8 Å². The molecule has 0 N–H and O–H groups in total. The van der Waals surface area contributed by atoms with Crippen LogP contribution in [-0.4, -0.2) is 47.6 Å². The van der Waals surface area contributed by atoms with Crippen LogP contribution in [0.4, 0.5) is 0 Å². The fraction of sp³-hybridized carbons (Fsp3) is 0.917. The monoisotopic (exact) mass is 245 g/mol. The molecule has 0 aromatic heterocycles. The zero-order chi connectivity index (χ0) is 12.1. The first-order valence-electron chi connectivity index (χ1n) is 6.07. The molecule has 0 saturated carbocycles. The summed E-state index contributed by atoms with van der Waals surface area (Å²) in [5.41, 5.74) is 0. The van der Waals surface area contributed by atoms with Crippen molar-refractivity contribution in [2.45, 2.75) is 39.0 Å². The average Bonchev–Trinajstić information content (AvgIpc) is 2.28. The lowest BCUT2D eigenvalue weighted by atomic mass is 10.0. The number of rotatable bonds is 4. The largest absolute Gasteiger partial charge is 0.377 e. The zero-order valence-corrected chi connectivity index (χ0v) is 11.5. The van der Waals surface area contributed by atoms with Crippen LogP contribution in [-0.2, 0) is 9.53 Å². The maximum absolute atomic E-state index is 12.3. The molecular weight excluding hydrogens is 222 g/mol. The number of nitrogens with zero attached hydrogens (tertiary/aromatic N) is 1. The predicted molar refractivity (Wildman–Crippen MR) is 68.8 cm³/mol. The third-order valence-electron chi connectivity index (χ3n) is 2.98. The smallest absolute Gasteiger partial charge is 0.235 e. The van der Waals surface area contributed by atoms with Crippen molar-refractivity contribution in [2.75, 3.05) is 25.5 Å². The second-order valence-corrected chi connectivity index (χ2v) is 6.13. The Morgan fingerprint density at radius 1 is 1.50 bits per heavy atom. The fourth-order valence-electron chi connectivity index (χ4n) is 2.00. The van der Waals surface area contributed by atoms with Gasteiger partial charge in [0.25, 0.3) is 0 Å².